The SMILES string of the molecule is Nc1cc(Br)cnc1OC1CCCCC1. The Kier molecular flexibility index (Phi) is 3.46. The molecule has 82 valence electrons. The molecule has 15 heavy (non-hydrogen) atoms. The van der Waals surface area contributed by atoms with Crippen molar-refractivity contribution in [2.24, 2.45) is 0 Å². The molecule has 3 nitrogen and oxygen atoms in total. The Balaban J connectivity index is 2.03. The van der Waals surface area contributed by atoms with E-state index < -0.39 is 0 Å². The van der Waals surface area contributed by atoms with Gasteiger partial charge in [-0.15, -0.1) is 0 Å². The van der Waals surface area contributed by atoms with E-state index in [9.17, 15) is 0 Å². The fourth-order valence-corrected chi connectivity index (χ4v) is 2.23. The Morgan fingerprint density at radius 3 is 2.73 bits per heavy atom. The fourth-order valence-electron chi connectivity index (χ4n) is 1.88. The van der Waals surface area contributed by atoms with Crippen molar-refractivity contribution in [3.63, 3.8) is 0 Å². The minimum atomic E-state index is 0.301. The molecule has 0 aromatic carbocycles. The topological polar surface area (TPSA) is 48.1 Å². The molecule has 0 amide bonds. The van der Waals surface area contributed by atoms with Crippen molar-refractivity contribution in [3.05, 3.63) is 16.7 Å². The lowest BCUT2D eigenvalue weighted by molar-refractivity contribution is 0.149. The van der Waals surface area contributed by atoms with Crippen LogP contribution in [0.25, 0.3) is 0 Å². The van der Waals surface area contributed by atoms with Crippen LogP contribution in [0.1, 0.15) is 32.1 Å². The third-order valence-corrected chi connectivity index (χ3v) is 3.11. The number of pyridine rings is 1. The van der Waals surface area contributed by atoms with E-state index in [1.807, 2.05) is 6.07 Å². The zero-order chi connectivity index (χ0) is 10.7. The maximum Gasteiger partial charge on any atom is 0.237 e. The average Bonchev–Trinajstić information content (AvgIpc) is 2.24. The molecule has 1 saturated carbocycles. The molecule has 1 heterocycles. The van der Waals surface area contributed by atoms with Crippen LogP contribution >= 0.6 is 15.9 Å². The van der Waals surface area contributed by atoms with E-state index in [0.29, 0.717) is 17.7 Å². The fraction of sp³-hybridized carbons (Fsp3) is 0.545. The number of rotatable bonds is 2. The molecule has 0 saturated heterocycles. The number of aromatic nitrogens is 1. The molecule has 0 spiro atoms. The Morgan fingerprint density at radius 1 is 1.33 bits per heavy atom. The number of nitrogens with zero attached hydrogens (tertiary/aromatic N) is 1. The van der Waals surface area contributed by atoms with Crippen LogP contribution in [-0.2, 0) is 0 Å². The lowest BCUT2D eigenvalue weighted by atomic mass is 9.98. The third-order valence-electron chi connectivity index (χ3n) is 2.68. The van der Waals surface area contributed by atoms with Crippen LogP contribution in [0.4, 0.5) is 5.69 Å². The van der Waals surface area contributed by atoms with Crippen LogP contribution in [0.15, 0.2) is 16.7 Å². The summed E-state index contributed by atoms with van der Waals surface area (Å²) in [6.07, 6.45) is 8.09. The summed E-state index contributed by atoms with van der Waals surface area (Å²) < 4.78 is 6.67. The van der Waals surface area contributed by atoms with Crippen LogP contribution in [0, 0.1) is 0 Å². The Labute approximate surface area is 98.2 Å². The second-order valence-corrected chi connectivity index (χ2v) is 4.84. The van der Waals surface area contributed by atoms with Crippen molar-refractivity contribution in [2.75, 3.05) is 5.73 Å². The van der Waals surface area contributed by atoms with Gasteiger partial charge in [0, 0.05) is 10.7 Å². The van der Waals surface area contributed by atoms with Gasteiger partial charge in [0.2, 0.25) is 5.88 Å². The minimum absolute atomic E-state index is 0.301. The Bertz CT molecular complexity index is 337. The molecule has 0 unspecified atom stereocenters. The molecule has 0 aliphatic heterocycles. The zero-order valence-corrected chi connectivity index (χ0v) is 10.2. The second kappa shape index (κ2) is 4.84. The van der Waals surface area contributed by atoms with Crippen molar-refractivity contribution >= 4 is 21.6 Å². The van der Waals surface area contributed by atoms with E-state index >= 15 is 0 Å². The maximum absolute atomic E-state index is 5.82. The van der Waals surface area contributed by atoms with Gasteiger partial charge < -0.3 is 10.5 Å². The minimum Gasteiger partial charge on any atom is -0.473 e. The monoisotopic (exact) mass is 270 g/mol. The molecule has 2 N–H and O–H groups in total. The van der Waals surface area contributed by atoms with Gasteiger partial charge in [0.1, 0.15) is 6.10 Å². The number of halogens is 1. The third kappa shape index (κ3) is 2.84. The number of ether oxygens (including phenoxy) is 1. The lowest BCUT2D eigenvalue weighted by Crippen LogP contribution is -2.20. The van der Waals surface area contributed by atoms with E-state index in [2.05, 4.69) is 20.9 Å². The van der Waals surface area contributed by atoms with E-state index in [1.165, 1.54) is 19.3 Å². The summed E-state index contributed by atoms with van der Waals surface area (Å²) >= 11 is 3.32. The molecule has 1 aliphatic rings. The summed E-state index contributed by atoms with van der Waals surface area (Å²) in [7, 11) is 0. The van der Waals surface area contributed by atoms with E-state index in [4.69, 9.17) is 10.5 Å². The van der Waals surface area contributed by atoms with Gasteiger partial charge in [-0.25, -0.2) is 4.98 Å². The van der Waals surface area contributed by atoms with Crippen LogP contribution in [0.5, 0.6) is 5.88 Å². The van der Waals surface area contributed by atoms with Gasteiger partial charge in [-0.2, -0.15) is 0 Å². The van der Waals surface area contributed by atoms with Crippen molar-refractivity contribution in [1.82, 2.24) is 4.98 Å². The van der Waals surface area contributed by atoms with Crippen LogP contribution in [0.3, 0.4) is 0 Å². The van der Waals surface area contributed by atoms with Gasteiger partial charge in [-0.3, -0.25) is 0 Å². The first-order valence-electron chi connectivity index (χ1n) is 5.33. The van der Waals surface area contributed by atoms with Gasteiger partial charge in [0.05, 0.1) is 5.69 Å². The summed E-state index contributed by atoms with van der Waals surface area (Å²) in [5, 5.41) is 0. The highest BCUT2D eigenvalue weighted by atomic mass is 79.9. The van der Waals surface area contributed by atoms with E-state index in [0.717, 1.165) is 17.3 Å². The first kappa shape index (κ1) is 10.7. The quantitative estimate of drug-likeness (QED) is 0.898. The van der Waals surface area contributed by atoms with Crippen LogP contribution in [0.2, 0.25) is 0 Å². The molecule has 4 heteroatoms. The number of hydrogen-bond acceptors (Lipinski definition) is 3. The highest BCUT2D eigenvalue weighted by molar-refractivity contribution is 9.10. The summed E-state index contributed by atoms with van der Waals surface area (Å²) in [6.45, 7) is 0. The highest BCUT2D eigenvalue weighted by Crippen LogP contribution is 2.27. The molecule has 2 rings (SSSR count). The Hall–Kier alpha value is -0.770. The predicted octanol–water partition coefficient (Wildman–Crippen LogP) is 3.14. The summed E-state index contributed by atoms with van der Waals surface area (Å²) in [4.78, 5) is 4.18. The van der Waals surface area contributed by atoms with Crippen molar-refractivity contribution in [1.29, 1.82) is 0 Å². The summed E-state index contributed by atoms with van der Waals surface area (Å²) in [6, 6.07) is 1.82. The maximum atomic E-state index is 5.82. The van der Waals surface area contributed by atoms with Crippen molar-refractivity contribution < 1.29 is 4.74 Å². The lowest BCUT2D eigenvalue weighted by Gasteiger charge is -2.22. The molecule has 1 aromatic rings. The van der Waals surface area contributed by atoms with E-state index in [1.54, 1.807) is 6.20 Å². The van der Waals surface area contributed by atoms with Gasteiger partial charge in [0.15, 0.2) is 0 Å². The van der Waals surface area contributed by atoms with Crippen molar-refractivity contribution in [3.8, 4) is 5.88 Å². The number of anilines is 1. The van der Waals surface area contributed by atoms with Crippen LogP contribution < -0.4 is 10.5 Å². The number of hydrogen-bond donors (Lipinski definition) is 1. The van der Waals surface area contributed by atoms with Gasteiger partial charge in [-0.05, 0) is 47.7 Å². The number of nitrogen functional groups attached to an aromatic ring is 1. The van der Waals surface area contributed by atoms with Gasteiger partial charge in [-0.1, -0.05) is 6.42 Å². The largest absolute Gasteiger partial charge is 0.473 e. The standard InChI is InChI=1S/C11H15BrN2O/c12-8-6-10(13)11(14-7-8)15-9-4-2-1-3-5-9/h6-7,9H,1-5,13H2. The van der Waals surface area contributed by atoms with Crippen LogP contribution in [-0.4, -0.2) is 11.1 Å². The second-order valence-electron chi connectivity index (χ2n) is 3.93. The molecule has 1 aliphatic carbocycles. The van der Waals surface area contributed by atoms with E-state index in [-0.39, 0.29) is 0 Å². The average molecular weight is 271 g/mol. The highest BCUT2D eigenvalue weighted by Gasteiger charge is 2.16. The molecule has 0 radical (unpaired) electrons. The molecule has 1 fully saturated rings. The predicted molar refractivity (Wildman–Crippen MR) is 63.9 cm³/mol. The normalized spacial score (nSPS) is 17.7. The molecule has 0 bridgehead atoms. The first-order valence-corrected chi connectivity index (χ1v) is 6.12. The summed E-state index contributed by atoms with van der Waals surface area (Å²) in [5.41, 5.74) is 6.43. The van der Waals surface area contributed by atoms with Gasteiger partial charge in [0.25, 0.3) is 0 Å². The molecular weight excluding hydrogens is 256 g/mol. The Morgan fingerprint density at radius 2 is 2.07 bits per heavy atom. The smallest absolute Gasteiger partial charge is 0.237 e. The van der Waals surface area contributed by atoms with Crippen molar-refractivity contribution in [2.45, 2.75) is 38.2 Å². The summed E-state index contributed by atoms with van der Waals surface area (Å²) in [5.74, 6) is 0.574. The van der Waals surface area contributed by atoms with Gasteiger partial charge >= 0.3 is 0 Å². The molecular formula is C11H15BrN2O. The zero-order valence-electron chi connectivity index (χ0n) is 8.58. The molecule has 0 atom stereocenters. The first-order chi connectivity index (χ1) is 7.25. The molecule has 1 aromatic heterocycles. The number of nitrogens with two attached hydrogens (primary N) is 1.